The molecule has 1 heterocycles. The molecule has 0 aliphatic carbocycles. The smallest absolute Gasteiger partial charge is 0.119 e. The molecule has 0 amide bonds. The van der Waals surface area contributed by atoms with E-state index in [2.05, 4.69) is 4.90 Å². The summed E-state index contributed by atoms with van der Waals surface area (Å²) < 4.78 is 5.83. The van der Waals surface area contributed by atoms with Crippen molar-refractivity contribution in [2.75, 3.05) is 26.2 Å². The number of nitrogens with zero attached hydrogens (tertiary/aromatic N) is 1. The van der Waals surface area contributed by atoms with Crippen LogP contribution in [0.5, 0.6) is 5.75 Å². The van der Waals surface area contributed by atoms with Crippen molar-refractivity contribution in [2.45, 2.75) is 38.6 Å². The molecule has 1 aliphatic rings. The van der Waals surface area contributed by atoms with Gasteiger partial charge in [0.05, 0.1) is 0 Å². The highest BCUT2D eigenvalue weighted by Gasteiger charge is 2.07. The van der Waals surface area contributed by atoms with E-state index in [0.717, 1.165) is 24.5 Å². The zero-order chi connectivity index (χ0) is 13.3. The van der Waals surface area contributed by atoms with Crippen LogP contribution in [0.25, 0.3) is 0 Å². The fourth-order valence-corrected chi connectivity index (χ4v) is 2.59. The van der Waals surface area contributed by atoms with Crippen molar-refractivity contribution in [2.24, 2.45) is 5.73 Å². The van der Waals surface area contributed by atoms with Crippen molar-refractivity contribution in [3.63, 3.8) is 0 Å². The second-order valence-electron chi connectivity index (χ2n) is 5.31. The Hall–Kier alpha value is -1.06. The fraction of sp³-hybridized carbons (Fsp3) is 0.625. The quantitative estimate of drug-likeness (QED) is 0.887. The van der Waals surface area contributed by atoms with Crippen molar-refractivity contribution >= 4 is 0 Å². The minimum atomic E-state index is 0.573. The molecule has 0 unspecified atom stereocenters. The van der Waals surface area contributed by atoms with E-state index in [9.17, 15) is 0 Å². The van der Waals surface area contributed by atoms with Gasteiger partial charge in [0.15, 0.2) is 0 Å². The van der Waals surface area contributed by atoms with Crippen LogP contribution in [0.1, 0.15) is 37.7 Å². The van der Waals surface area contributed by atoms with Gasteiger partial charge in [-0.3, -0.25) is 4.90 Å². The van der Waals surface area contributed by atoms with Crippen LogP contribution >= 0.6 is 0 Å². The standard InChI is InChI=1S/C16H26N2O/c17-14-15-7-6-8-16(13-15)19-12-11-18-9-4-2-1-3-5-10-18/h6-8,13H,1-5,9-12,14,17H2. The first-order valence-corrected chi connectivity index (χ1v) is 7.52. The molecule has 1 aliphatic heterocycles. The minimum absolute atomic E-state index is 0.573. The van der Waals surface area contributed by atoms with Crippen LogP contribution in [-0.2, 0) is 6.54 Å². The summed E-state index contributed by atoms with van der Waals surface area (Å²) in [5.74, 6) is 0.940. The lowest BCUT2D eigenvalue weighted by atomic mass is 10.1. The summed E-state index contributed by atoms with van der Waals surface area (Å²) in [6, 6.07) is 8.08. The van der Waals surface area contributed by atoms with Crippen molar-refractivity contribution in [1.82, 2.24) is 4.90 Å². The van der Waals surface area contributed by atoms with E-state index >= 15 is 0 Å². The van der Waals surface area contributed by atoms with Crippen LogP contribution in [0.2, 0.25) is 0 Å². The largest absolute Gasteiger partial charge is 0.492 e. The molecule has 2 N–H and O–H groups in total. The summed E-state index contributed by atoms with van der Waals surface area (Å²) >= 11 is 0. The van der Waals surface area contributed by atoms with Gasteiger partial charge in [-0.1, -0.05) is 31.4 Å². The van der Waals surface area contributed by atoms with E-state index in [0.29, 0.717) is 6.54 Å². The van der Waals surface area contributed by atoms with Gasteiger partial charge in [0, 0.05) is 13.1 Å². The number of likely N-dealkylation sites (tertiary alicyclic amines) is 1. The van der Waals surface area contributed by atoms with Gasteiger partial charge < -0.3 is 10.5 Å². The molecule has 0 radical (unpaired) electrons. The average Bonchev–Trinajstić information content (AvgIpc) is 2.41. The van der Waals surface area contributed by atoms with E-state index in [-0.39, 0.29) is 0 Å². The monoisotopic (exact) mass is 262 g/mol. The molecule has 0 bridgehead atoms. The predicted molar refractivity (Wildman–Crippen MR) is 79.4 cm³/mol. The van der Waals surface area contributed by atoms with Gasteiger partial charge >= 0.3 is 0 Å². The Bertz CT molecular complexity index is 360. The molecule has 0 saturated carbocycles. The fourth-order valence-electron chi connectivity index (χ4n) is 2.59. The molecule has 106 valence electrons. The maximum atomic E-state index is 5.83. The first kappa shape index (κ1) is 14.4. The Morgan fingerprint density at radius 3 is 2.53 bits per heavy atom. The van der Waals surface area contributed by atoms with Crippen molar-refractivity contribution in [3.05, 3.63) is 29.8 Å². The van der Waals surface area contributed by atoms with Gasteiger partial charge in [0.1, 0.15) is 12.4 Å². The van der Waals surface area contributed by atoms with Crippen LogP contribution in [0, 0.1) is 0 Å². The number of benzene rings is 1. The second-order valence-corrected chi connectivity index (χ2v) is 5.31. The average molecular weight is 262 g/mol. The highest BCUT2D eigenvalue weighted by molar-refractivity contribution is 5.28. The molecular formula is C16H26N2O. The van der Waals surface area contributed by atoms with Gasteiger partial charge in [0.2, 0.25) is 0 Å². The van der Waals surface area contributed by atoms with Crippen LogP contribution < -0.4 is 10.5 Å². The number of ether oxygens (including phenoxy) is 1. The summed E-state index contributed by atoms with van der Waals surface area (Å²) in [6.45, 7) is 4.84. The van der Waals surface area contributed by atoms with E-state index < -0.39 is 0 Å². The Balaban J connectivity index is 1.72. The van der Waals surface area contributed by atoms with Crippen molar-refractivity contribution in [1.29, 1.82) is 0 Å². The zero-order valence-corrected chi connectivity index (χ0v) is 11.8. The summed E-state index contributed by atoms with van der Waals surface area (Å²) in [5, 5.41) is 0. The van der Waals surface area contributed by atoms with E-state index in [4.69, 9.17) is 10.5 Å². The lowest BCUT2D eigenvalue weighted by Crippen LogP contribution is -2.31. The third-order valence-electron chi connectivity index (χ3n) is 3.76. The number of nitrogens with two attached hydrogens (primary N) is 1. The van der Waals surface area contributed by atoms with E-state index in [1.54, 1.807) is 0 Å². The Morgan fingerprint density at radius 2 is 1.79 bits per heavy atom. The lowest BCUT2D eigenvalue weighted by Gasteiger charge is -2.24. The number of hydrogen-bond donors (Lipinski definition) is 1. The van der Waals surface area contributed by atoms with Gasteiger partial charge in [-0.15, -0.1) is 0 Å². The molecule has 2 rings (SSSR count). The SMILES string of the molecule is NCc1cccc(OCCN2CCCCCCC2)c1. The highest BCUT2D eigenvalue weighted by atomic mass is 16.5. The topological polar surface area (TPSA) is 38.5 Å². The molecule has 1 saturated heterocycles. The molecule has 0 aromatic heterocycles. The Kier molecular flexibility index (Phi) is 6.18. The summed E-state index contributed by atoms with van der Waals surface area (Å²) in [7, 11) is 0. The maximum Gasteiger partial charge on any atom is 0.119 e. The van der Waals surface area contributed by atoms with Gasteiger partial charge in [-0.05, 0) is 43.6 Å². The highest BCUT2D eigenvalue weighted by Crippen LogP contribution is 2.13. The third kappa shape index (κ3) is 5.21. The molecular weight excluding hydrogens is 236 g/mol. The molecule has 1 aromatic carbocycles. The number of rotatable bonds is 5. The molecule has 19 heavy (non-hydrogen) atoms. The zero-order valence-electron chi connectivity index (χ0n) is 11.8. The molecule has 3 heteroatoms. The summed E-state index contributed by atoms with van der Waals surface area (Å²) in [4.78, 5) is 2.53. The van der Waals surface area contributed by atoms with Crippen molar-refractivity contribution < 1.29 is 4.74 Å². The predicted octanol–water partition coefficient (Wildman–Crippen LogP) is 2.79. The van der Waals surface area contributed by atoms with Crippen LogP contribution in [-0.4, -0.2) is 31.1 Å². The molecule has 3 nitrogen and oxygen atoms in total. The second kappa shape index (κ2) is 8.18. The molecule has 1 fully saturated rings. The van der Waals surface area contributed by atoms with Crippen LogP contribution in [0.15, 0.2) is 24.3 Å². The summed E-state index contributed by atoms with van der Waals surface area (Å²) in [6.07, 6.45) is 6.85. The van der Waals surface area contributed by atoms with Gasteiger partial charge in [0.25, 0.3) is 0 Å². The number of hydrogen-bond acceptors (Lipinski definition) is 3. The Morgan fingerprint density at radius 1 is 1.05 bits per heavy atom. The minimum Gasteiger partial charge on any atom is -0.492 e. The summed E-state index contributed by atoms with van der Waals surface area (Å²) in [5.41, 5.74) is 6.76. The molecule has 0 spiro atoms. The van der Waals surface area contributed by atoms with Crippen LogP contribution in [0.4, 0.5) is 0 Å². The first-order valence-electron chi connectivity index (χ1n) is 7.52. The third-order valence-corrected chi connectivity index (χ3v) is 3.76. The lowest BCUT2D eigenvalue weighted by molar-refractivity contribution is 0.195. The van der Waals surface area contributed by atoms with Gasteiger partial charge in [-0.25, -0.2) is 0 Å². The normalized spacial score (nSPS) is 17.7. The Labute approximate surface area is 116 Å². The van der Waals surface area contributed by atoms with Gasteiger partial charge in [-0.2, -0.15) is 0 Å². The van der Waals surface area contributed by atoms with E-state index in [1.165, 1.54) is 45.2 Å². The van der Waals surface area contributed by atoms with Crippen LogP contribution in [0.3, 0.4) is 0 Å². The first-order chi connectivity index (χ1) is 9.38. The maximum absolute atomic E-state index is 5.83. The van der Waals surface area contributed by atoms with Crippen molar-refractivity contribution in [3.8, 4) is 5.75 Å². The van der Waals surface area contributed by atoms with E-state index in [1.807, 2.05) is 24.3 Å². The molecule has 1 aromatic rings. The molecule has 0 atom stereocenters.